The van der Waals surface area contributed by atoms with Gasteiger partial charge in [-0.15, -0.1) is 0 Å². The molecule has 0 aliphatic rings. The molecule has 0 aliphatic carbocycles. The number of carbonyl (C=O) groups excluding carboxylic acids is 1. The molecule has 0 fully saturated rings. The number of aromatic nitrogens is 1. The second kappa shape index (κ2) is 6.71. The Hall–Kier alpha value is -2.88. The molecule has 0 atom stereocenters. The smallest absolute Gasteiger partial charge is 0.276 e. The fourth-order valence-corrected chi connectivity index (χ4v) is 2.59. The molecule has 0 radical (unpaired) electrons. The van der Waals surface area contributed by atoms with E-state index in [0.29, 0.717) is 23.9 Å². The quantitative estimate of drug-likeness (QED) is 0.722. The van der Waals surface area contributed by atoms with Gasteiger partial charge >= 0.3 is 0 Å². The summed E-state index contributed by atoms with van der Waals surface area (Å²) in [5, 5.41) is 0. The molecule has 4 nitrogen and oxygen atoms in total. The van der Waals surface area contributed by atoms with Crippen LogP contribution in [0.2, 0.25) is 0 Å². The van der Waals surface area contributed by atoms with Crippen molar-refractivity contribution in [3.05, 3.63) is 77.2 Å². The minimum atomic E-state index is -0.137. The zero-order valence-electron chi connectivity index (χ0n) is 14.1. The van der Waals surface area contributed by atoms with Crippen molar-refractivity contribution in [2.75, 3.05) is 7.05 Å². The number of rotatable bonds is 4. The molecule has 122 valence electrons. The van der Waals surface area contributed by atoms with Crippen LogP contribution in [0.5, 0.6) is 0 Å². The number of nitrogens with zero attached hydrogens (tertiary/aromatic N) is 2. The number of benzene rings is 2. The van der Waals surface area contributed by atoms with Crippen molar-refractivity contribution in [1.29, 1.82) is 0 Å². The van der Waals surface area contributed by atoms with Gasteiger partial charge in [-0.25, -0.2) is 4.98 Å². The van der Waals surface area contributed by atoms with E-state index in [0.717, 1.165) is 11.1 Å². The first-order valence-electron chi connectivity index (χ1n) is 7.89. The zero-order valence-corrected chi connectivity index (χ0v) is 14.1. The van der Waals surface area contributed by atoms with Crippen molar-refractivity contribution in [3.63, 3.8) is 0 Å². The van der Waals surface area contributed by atoms with E-state index in [1.165, 1.54) is 5.56 Å². The first kappa shape index (κ1) is 16.0. The number of aryl methyl sites for hydroxylation is 2. The topological polar surface area (TPSA) is 46.3 Å². The van der Waals surface area contributed by atoms with Crippen molar-refractivity contribution in [2.24, 2.45) is 0 Å². The monoisotopic (exact) mass is 320 g/mol. The van der Waals surface area contributed by atoms with Gasteiger partial charge in [-0.3, -0.25) is 4.79 Å². The SMILES string of the molecule is Cc1ccccc1CN(C)C(=O)c1nc(-c2ccccc2)oc1C. The molecule has 0 saturated carbocycles. The van der Waals surface area contributed by atoms with Crippen LogP contribution in [-0.2, 0) is 6.54 Å². The van der Waals surface area contributed by atoms with Gasteiger partial charge in [-0.1, -0.05) is 42.5 Å². The highest BCUT2D eigenvalue weighted by Crippen LogP contribution is 2.22. The van der Waals surface area contributed by atoms with Crippen molar-refractivity contribution >= 4 is 5.91 Å². The first-order chi connectivity index (χ1) is 11.6. The number of hydrogen-bond donors (Lipinski definition) is 0. The van der Waals surface area contributed by atoms with E-state index in [4.69, 9.17) is 4.42 Å². The maximum Gasteiger partial charge on any atom is 0.276 e. The highest BCUT2D eigenvalue weighted by atomic mass is 16.4. The average molecular weight is 320 g/mol. The summed E-state index contributed by atoms with van der Waals surface area (Å²) in [5.74, 6) is 0.873. The van der Waals surface area contributed by atoms with Crippen LogP contribution in [-0.4, -0.2) is 22.8 Å². The maximum absolute atomic E-state index is 12.7. The van der Waals surface area contributed by atoms with Gasteiger partial charge < -0.3 is 9.32 Å². The fourth-order valence-electron chi connectivity index (χ4n) is 2.59. The van der Waals surface area contributed by atoms with Gasteiger partial charge in [-0.2, -0.15) is 0 Å². The molecule has 0 spiro atoms. The van der Waals surface area contributed by atoms with Crippen LogP contribution in [0.15, 0.2) is 59.0 Å². The van der Waals surface area contributed by atoms with Crippen LogP contribution in [0, 0.1) is 13.8 Å². The molecular formula is C20H20N2O2. The molecule has 0 aliphatic heterocycles. The highest BCUT2D eigenvalue weighted by Gasteiger charge is 2.21. The minimum absolute atomic E-state index is 0.137. The Balaban J connectivity index is 1.82. The Morgan fingerprint density at radius 1 is 1.04 bits per heavy atom. The van der Waals surface area contributed by atoms with Crippen molar-refractivity contribution in [1.82, 2.24) is 9.88 Å². The molecule has 1 amide bonds. The van der Waals surface area contributed by atoms with Crippen molar-refractivity contribution in [2.45, 2.75) is 20.4 Å². The van der Waals surface area contributed by atoms with E-state index in [-0.39, 0.29) is 5.91 Å². The van der Waals surface area contributed by atoms with Crippen LogP contribution >= 0.6 is 0 Å². The lowest BCUT2D eigenvalue weighted by molar-refractivity contribution is 0.0778. The lowest BCUT2D eigenvalue weighted by Crippen LogP contribution is -2.27. The standard InChI is InChI=1S/C20H20N2O2/c1-14-9-7-8-12-17(14)13-22(3)20(23)18-15(2)24-19(21-18)16-10-5-4-6-11-16/h4-12H,13H2,1-3H3. The third kappa shape index (κ3) is 3.23. The number of carbonyl (C=O) groups is 1. The summed E-state index contributed by atoms with van der Waals surface area (Å²) in [6.45, 7) is 4.36. The Kier molecular flexibility index (Phi) is 4.47. The first-order valence-corrected chi connectivity index (χ1v) is 7.89. The van der Waals surface area contributed by atoms with Crippen molar-refractivity contribution < 1.29 is 9.21 Å². The molecule has 24 heavy (non-hydrogen) atoms. The molecule has 0 N–H and O–H groups in total. The van der Waals surface area contributed by atoms with Crippen LogP contribution in [0.4, 0.5) is 0 Å². The molecule has 1 aromatic heterocycles. The molecule has 0 saturated heterocycles. The van der Waals surface area contributed by atoms with Gasteiger partial charge in [0.15, 0.2) is 5.69 Å². The van der Waals surface area contributed by atoms with Crippen molar-refractivity contribution in [3.8, 4) is 11.5 Å². The summed E-state index contributed by atoms with van der Waals surface area (Å²) in [6, 6.07) is 17.6. The Bertz CT molecular complexity index is 853. The second-order valence-electron chi connectivity index (χ2n) is 5.88. The van der Waals surface area contributed by atoms with Crippen LogP contribution in [0.1, 0.15) is 27.4 Å². The number of hydrogen-bond acceptors (Lipinski definition) is 3. The summed E-state index contributed by atoms with van der Waals surface area (Å²) in [5.41, 5.74) is 3.52. The lowest BCUT2D eigenvalue weighted by Gasteiger charge is -2.17. The van der Waals surface area contributed by atoms with Gasteiger partial charge in [0, 0.05) is 19.2 Å². The summed E-state index contributed by atoms with van der Waals surface area (Å²) in [4.78, 5) is 18.8. The van der Waals surface area contributed by atoms with Crippen LogP contribution in [0.25, 0.3) is 11.5 Å². The molecule has 3 aromatic rings. The van der Waals surface area contributed by atoms with E-state index in [1.54, 1.807) is 18.9 Å². The third-order valence-corrected chi connectivity index (χ3v) is 4.04. The Labute approximate surface area is 141 Å². The van der Waals surface area contributed by atoms with E-state index in [2.05, 4.69) is 4.98 Å². The molecule has 2 aromatic carbocycles. The van der Waals surface area contributed by atoms with Gasteiger partial charge in [-0.05, 0) is 37.1 Å². The summed E-state index contributed by atoms with van der Waals surface area (Å²) in [7, 11) is 1.78. The van der Waals surface area contributed by atoms with E-state index in [1.807, 2.05) is 61.5 Å². The molecular weight excluding hydrogens is 300 g/mol. The molecule has 4 heteroatoms. The predicted molar refractivity (Wildman–Crippen MR) is 93.7 cm³/mol. The van der Waals surface area contributed by atoms with Gasteiger partial charge in [0.25, 0.3) is 5.91 Å². The zero-order chi connectivity index (χ0) is 17.1. The molecule has 1 heterocycles. The molecule has 0 bridgehead atoms. The second-order valence-corrected chi connectivity index (χ2v) is 5.88. The average Bonchev–Trinajstić information content (AvgIpc) is 2.99. The molecule has 3 rings (SSSR count). The Morgan fingerprint density at radius 2 is 1.71 bits per heavy atom. The van der Waals surface area contributed by atoms with Gasteiger partial charge in [0.2, 0.25) is 5.89 Å². The fraction of sp³-hybridized carbons (Fsp3) is 0.200. The normalized spacial score (nSPS) is 10.6. The highest BCUT2D eigenvalue weighted by molar-refractivity contribution is 5.93. The predicted octanol–water partition coefficient (Wildman–Crippen LogP) is 4.23. The largest absolute Gasteiger partial charge is 0.441 e. The molecule has 0 unspecified atom stereocenters. The van der Waals surface area contributed by atoms with E-state index < -0.39 is 0 Å². The third-order valence-electron chi connectivity index (χ3n) is 4.04. The summed E-state index contributed by atoms with van der Waals surface area (Å²) in [6.07, 6.45) is 0. The number of amides is 1. The Morgan fingerprint density at radius 3 is 2.42 bits per heavy atom. The lowest BCUT2D eigenvalue weighted by atomic mass is 10.1. The van der Waals surface area contributed by atoms with E-state index in [9.17, 15) is 4.79 Å². The van der Waals surface area contributed by atoms with Crippen LogP contribution in [0.3, 0.4) is 0 Å². The summed E-state index contributed by atoms with van der Waals surface area (Å²) >= 11 is 0. The van der Waals surface area contributed by atoms with E-state index >= 15 is 0 Å². The summed E-state index contributed by atoms with van der Waals surface area (Å²) < 4.78 is 5.69. The minimum Gasteiger partial charge on any atom is -0.441 e. The van der Waals surface area contributed by atoms with Gasteiger partial charge in [0.05, 0.1) is 0 Å². The maximum atomic E-state index is 12.7. The van der Waals surface area contributed by atoms with Gasteiger partial charge in [0.1, 0.15) is 5.76 Å². The van der Waals surface area contributed by atoms with Crippen LogP contribution < -0.4 is 0 Å². The number of oxazole rings is 1.